The summed E-state index contributed by atoms with van der Waals surface area (Å²) in [5, 5.41) is 0. The van der Waals surface area contributed by atoms with Crippen LogP contribution in [0.25, 0.3) is 0 Å². The Morgan fingerprint density at radius 1 is 1.44 bits per heavy atom. The minimum absolute atomic E-state index is 0.0369. The molecule has 88 valence electrons. The topological polar surface area (TPSA) is 71.2 Å². The first-order valence-electron chi connectivity index (χ1n) is 4.97. The number of nitrogens with one attached hydrogen (secondary N) is 2. The lowest BCUT2D eigenvalue weighted by Crippen LogP contribution is -2.35. The number of carbonyl (C=O) groups excluding carboxylic acids is 1. The number of aromatic nitrogens is 1. The zero-order chi connectivity index (χ0) is 12.3. The van der Waals surface area contributed by atoms with E-state index in [-0.39, 0.29) is 11.0 Å². The number of hydrogen-bond donors (Lipinski definition) is 2. The number of hydrogen-bond acceptors (Lipinski definition) is 3. The molecule has 0 spiro atoms. The highest BCUT2D eigenvalue weighted by Crippen LogP contribution is 2.04. The average Bonchev–Trinajstić information content (AvgIpc) is 2.13. The maximum absolute atomic E-state index is 11.6. The van der Waals surface area contributed by atoms with Gasteiger partial charge in [0.05, 0.1) is 5.60 Å². The molecule has 5 nitrogen and oxygen atoms in total. The molecule has 0 aliphatic carbocycles. The fourth-order valence-electron chi connectivity index (χ4n) is 1.01. The number of carbonyl (C=O) groups is 1. The van der Waals surface area contributed by atoms with Crippen LogP contribution < -0.4 is 10.9 Å². The van der Waals surface area contributed by atoms with Crippen molar-refractivity contribution in [2.24, 2.45) is 0 Å². The van der Waals surface area contributed by atoms with Gasteiger partial charge in [0.25, 0.3) is 5.91 Å². The Bertz CT molecular complexity index is 443. The zero-order valence-corrected chi connectivity index (χ0v) is 9.88. The van der Waals surface area contributed by atoms with Gasteiger partial charge in [0.2, 0.25) is 0 Å². The normalized spacial score (nSPS) is 11.2. The molecule has 0 atom stereocenters. The van der Waals surface area contributed by atoms with Gasteiger partial charge in [-0.15, -0.1) is 0 Å². The van der Waals surface area contributed by atoms with E-state index in [9.17, 15) is 9.59 Å². The third kappa shape index (κ3) is 3.51. The van der Waals surface area contributed by atoms with Gasteiger partial charge in [-0.3, -0.25) is 14.4 Å². The van der Waals surface area contributed by atoms with Crippen molar-refractivity contribution in [3.05, 3.63) is 33.7 Å². The highest BCUT2D eigenvalue weighted by molar-refractivity contribution is 5.93. The van der Waals surface area contributed by atoms with Crippen molar-refractivity contribution in [1.82, 2.24) is 10.5 Å². The first-order chi connectivity index (χ1) is 7.29. The summed E-state index contributed by atoms with van der Waals surface area (Å²) in [4.78, 5) is 30.9. The summed E-state index contributed by atoms with van der Waals surface area (Å²) in [6.45, 7) is 7.14. The van der Waals surface area contributed by atoms with Crippen molar-refractivity contribution in [3.63, 3.8) is 0 Å². The number of amides is 1. The van der Waals surface area contributed by atoms with E-state index >= 15 is 0 Å². The summed E-state index contributed by atoms with van der Waals surface area (Å²) in [6, 6.07) is 1.37. The molecule has 0 radical (unpaired) electrons. The Balaban J connectivity index is 2.78. The number of H-pyrrole nitrogens is 1. The second kappa shape index (κ2) is 4.49. The zero-order valence-electron chi connectivity index (χ0n) is 9.88. The van der Waals surface area contributed by atoms with Gasteiger partial charge in [-0.1, -0.05) is 0 Å². The molecule has 1 aromatic rings. The molecular weight excluding hydrogens is 208 g/mol. The highest BCUT2D eigenvalue weighted by atomic mass is 16.7. The van der Waals surface area contributed by atoms with Gasteiger partial charge >= 0.3 is 0 Å². The molecule has 0 aliphatic heterocycles. The molecule has 1 amide bonds. The van der Waals surface area contributed by atoms with Gasteiger partial charge in [0, 0.05) is 18.0 Å². The van der Waals surface area contributed by atoms with Crippen molar-refractivity contribution in [2.45, 2.75) is 33.3 Å². The van der Waals surface area contributed by atoms with E-state index in [1.807, 2.05) is 0 Å². The lowest BCUT2D eigenvalue weighted by atomic mass is 10.2. The lowest BCUT2D eigenvalue weighted by molar-refractivity contribution is -0.0590. The third-order valence-electron chi connectivity index (χ3n) is 1.75. The minimum Gasteiger partial charge on any atom is -0.364 e. The van der Waals surface area contributed by atoms with E-state index in [1.165, 1.54) is 12.3 Å². The molecule has 2 N–H and O–H groups in total. The number of aromatic amines is 1. The molecule has 0 fully saturated rings. The molecular formula is C11H16N2O3. The van der Waals surface area contributed by atoms with Crippen LogP contribution >= 0.6 is 0 Å². The standard InChI is InChI=1S/C11H16N2O3/c1-7-5-9(14)8(6-12-7)10(15)13-16-11(2,3)4/h5-6H,1-4H3,(H,12,14)(H,13,15). The van der Waals surface area contributed by atoms with Gasteiger partial charge in [0.15, 0.2) is 5.43 Å². The Labute approximate surface area is 93.8 Å². The number of aryl methyl sites for hydroxylation is 1. The molecule has 0 bridgehead atoms. The fraction of sp³-hybridized carbons (Fsp3) is 0.455. The van der Waals surface area contributed by atoms with Crippen LogP contribution in [0.1, 0.15) is 36.8 Å². The van der Waals surface area contributed by atoms with Crippen LogP contribution in [-0.4, -0.2) is 16.5 Å². The van der Waals surface area contributed by atoms with Crippen LogP contribution in [0.5, 0.6) is 0 Å². The molecule has 0 unspecified atom stereocenters. The second-order valence-electron chi connectivity index (χ2n) is 4.54. The Hall–Kier alpha value is -1.62. The van der Waals surface area contributed by atoms with Gasteiger partial charge in [0.1, 0.15) is 5.56 Å². The van der Waals surface area contributed by atoms with E-state index in [1.54, 1.807) is 27.7 Å². The second-order valence-corrected chi connectivity index (χ2v) is 4.54. The minimum atomic E-state index is -0.545. The van der Waals surface area contributed by atoms with E-state index in [2.05, 4.69) is 10.5 Å². The van der Waals surface area contributed by atoms with Crippen LogP contribution in [0.4, 0.5) is 0 Å². The molecule has 1 heterocycles. The third-order valence-corrected chi connectivity index (χ3v) is 1.75. The maximum atomic E-state index is 11.6. The molecule has 1 aromatic heterocycles. The van der Waals surface area contributed by atoms with Crippen molar-refractivity contribution in [3.8, 4) is 0 Å². The summed E-state index contributed by atoms with van der Waals surface area (Å²) >= 11 is 0. The van der Waals surface area contributed by atoms with Crippen molar-refractivity contribution >= 4 is 5.91 Å². The smallest absolute Gasteiger partial charge is 0.280 e. The van der Waals surface area contributed by atoms with Crippen LogP contribution in [-0.2, 0) is 4.84 Å². The predicted molar refractivity (Wildman–Crippen MR) is 60.1 cm³/mol. The number of hydroxylamine groups is 1. The summed E-state index contributed by atoms with van der Waals surface area (Å²) in [5.41, 5.74) is 2.16. The molecule has 16 heavy (non-hydrogen) atoms. The summed E-state index contributed by atoms with van der Waals surface area (Å²) in [5.74, 6) is -0.545. The van der Waals surface area contributed by atoms with Crippen LogP contribution in [0, 0.1) is 6.92 Å². The number of pyridine rings is 1. The molecule has 1 rings (SSSR count). The Kier molecular flexibility index (Phi) is 3.49. The van der Waals surface area contributed by atoms with E-state index in [4.69, 9.17) is 4.84 Å². The van der Waals surface area contributed by atoms with Crippen LogP contribution in [0.3, 0.4) is 0 Å². The Morgan fingerprint density at radius 2 is 2.06 bits per heavy atom. The predicted octanol–water partition coefficient (Wildman–Crippen LogP) is 1.14. The molecule has 0 aromatic carbocycles. The molecule has 0 aliphatic rings. The molecule has 0 saturated carbocycles. The van der Waals surface area contributed by atoms with Gasteiger partial charge in [-0.25, -0.2) is 5.48 Å². The summed E-state index contributed by atoms with van der Waals surface area (Å²) in [7, 11) is 0. The number of rotatable bonds is 2. The summed E-state index contributed by atoms with van der Waals surface area (Å²) < 4.78 is 0. The highest BCUT2D eigenvalue weighted by Gasteiger charge is 2.15. The van der Waals surface area contributed by atoms with Crippen molar-refractivity contribution in [2.75, 3.05) is 0 Å². The largest absolute Gasteiger partial charge is 0.364 e. The molecule has 0 saturated heterocycles. The van der Waals surface area contributed by atoms with Gasteiger partial charge in [-0.05, 0) is 27.7 Å². The van der Waals surface area contributed by atoms with Crippen LogP contribution in [0.15, 0.2) is 17.1 Å². The first kappa shape index (κ1) is 12.4. The average molecular weight is 224 g/mol. The quantitative estimate of drug-likeness (QED) is 0.740. The Morgan fingerprint density at radius 3 is 2.56 bits per heavy atom. The van der Waals surface area contributed by atoms with E-state index in [0.717, 1.165) is 0 Å². The van der Waals surface area contributed by atoms with Gasteiger partial charge < -0.3 is 4.98 Å². The van der Waals surface area contributed by atoms with Crippen molar-refractivity contribution < 1.29 is 9.63 Å². The van der Waals surface area contributed by atoms with Crippen LogP contribution in [0.2, 0.25) is 0 Å². The fourth-order valence-corrected chi connectivity index (χ4v) is 1.01. The van der Waals surface area contributed by atoms with Gasteiger partial charge in [-0.2, -0.15) is 0 Å². The SMILES string of the molecule is Cc1cc(=O)c(C(=O)NOC(C)(C)C)c[nH]1. The van der Waals surface area contributed by atoms with E-state index in [0.29, 0.717) is 5.69 Å². The summed E-state index contributed by atoms with van der Waals surface area (Å²) in [6.07, 6.45) is 1.37. The maximum Gasteiger partial charge on any atom is 0.280 e. The first-order valence-corrected chi connectivity index (χ1v) is 4.97. The van der Waals surface area contributed by atoms with E-state index < -0.39 is 11.5 Å². The lowest BCUT2D eigenvalue weighted by Gasteiger charge is -2.18. The molecule has 5 heteroatoms. The monoisotopic (exact) mass is 224 g/mol. The van der Waals surface area contributed by atoms with Crippen molar-refractivity contribution in [1.29, 1.82) is 0 Å².